The van der Waals surface area contributed by atoms with Gasteiger partial charge in [-0.15, -0.1) is 12.4 Å². The first-order valence-corrected chi connectivity index (χ1v) is 9.42. The molecule has 1 aromatic heterocycles. The molecule has 6 nitrogen and oxygen atoms in total. The number of hydrogen-bond donors (Lipinski definition) is 3. The Balaban J connectivity index is 0.00000196. The van der Waals surface area contributed by atoms with Gasteiger partial charge in [-0.25, -0.2) is 4.79 Å². The SMILES string of the molecule is Cl.NC1CCC(NC(=O)c2ccc3c(c2)[nH]c(=O)n3C2CCCC2)CC1. The van der Waals surface area contributed by atoms with Crippen LogP contribution in [0.15, 0.2) is 23.0 Å². The van der Waals surface area contributed by atoms with Gasteiger partial charge < -0.3 is 16.0 Å². The highest BCUT2D eigenvalue weighted by Crippen LogP contribution is 2.30. The minimum absolute atomic E-state index is 0. The molecule has 142 valence electrons. The van der Waals surface area contributed by atoms with Gasteiger partial charge in [0.15, 0.2) is 0 Å². The molecule has 2 aromatic rings. The normalized spacial score (nSPS) is 23.7. The number of carbonyl (C=O) groups is 1. The minimum Gasteiger partial charge on any atom is -0.349 e. The number of rotatable bonds is 3. The summed E-state index contributed by atoms with van der Waals surface area (Å²) in [5.74, 6) is -0.0724. The van der Waals surface area contributed by atoms with Gasteiger partial charge >= 0.3 is 5.69 Å². The molecule has 0 bridgehead atoms. The minimum atomic E-state index is -0.0724. The van der Waals surface area contributed by atoms with Gasteiger partial charge in [-0.05, 0) is 56.7 Å². The van der Waals surface area contributed by atoms with E-state index in [0.29, 0.717) is 5.56 Å². The van der Waals surface area contributed by atoms with Crippen molar-refractivity contribution in [1.82, 2.24) is 14.9 Å². The van der Waals surface area contributed by atoms with E-state index < -0.39 is 0 Å². The Morgan fingerprint density at radius 3 is 2.50 bits per heavy atom. The van der Waals surface area contributed by atoms with Crippen molar-refractivity contribution >= 4 is 29.3 Å². The quantitative estimate of drug-likeness (QED) is 0.766. The Kier molecular flexibility index (Phi) is 5.73. The van der Waals surface area contributed by atoms with Crippen molar-refractivity contribution in [2.45, 2.75) is 69.5 Å². The van der Waals surface area contributed by atoms with Gasteiger partial charge in [-0.3, -0.25) is 9.36 Å². The van der Waals surface area contributed by atoms with Crippen molar-refractivity contribution < 1.29 is 4.79 Å². The fourth-order valence-electron chi connectivity index (χ4n) is 4.33. The number of nitrogens with one attached hydrogen (secondary N) is 2. The summed E-state index contributed by atoms with van der Waals surface area (Å²) in [6, 6.07) is 6.27. The van der Waals surface area contributed by atoms with Crippen molar-refractivity contribution in [3.05, 3.63) is 34.2 Å². The summed E-state index contributed by atoms with van der Waals surface area (Å²) >= 11 is 0. The lowest BCUT2D eigenvalue weighted by atomic mass is 9.91. The molecule has 1 amide bonds. The van der Waals surface area contributed by atoms with E-state index in [1.165, 1.54) is 12.8 Å². The summed E-state index contributed by atoms with van der Waals surface area (Å²) in [5.41, 5.74) is 8.10. The standard InChI is InChI=1S/C19H26N4O2.ClH/c20-13-6-8-14(9-7-13)21-18(24)12-5-10-17-16(11-12)22-19(25)23(17)15-3-1-2-4-15;/h5,10-11,13-15H,1-4,6-9,20H2,(H,21,24)(H,22,25);1H. The van der Waals surface area contributed by atoms with Crippen LogP contribution < -0.4 is 16.7 Å². The van der Waals surface area contributed by atoms with E-state index in [0.717, 1.165) is 49.6 Å². The van der Waals surface area contributed by atoms with Crippen LogP contribution in [0.25, 0.3) is 11.0 Å². The molecule has 0 spiro atoms. The van der Waals surface area contributed by atoms with Crippen LogP contribution in [-0.2, 0) is 0 Å². The van der Waals surface area contributed by atoms with Crippen LogP contribution in [-0.4, -0.2) is 27.5 Å². The van der Waals surface area contributed by atoms with E-state index in [1.54, 1.807) is 6.07 Å². The van der Waals surface area contributed by atoms with Crippen molar-refractivity contribution in [2.24, 2.45) is 5.73 Å². The van der Waals surface area contributed by atoms with Crippen LogP contribution in [0.2, 0.25) is 0 Å². The molecule has 0 aliphatic heterocycles. The molecule has 0 radical (unpaired) electrons. The average molecular weight is 379 g/mol. The van der Waals surface area contributed by atoms with E-state index >= 15 is 0 Å². The van der Waals surface area contributed by atoms with Crippen LogP contribution in [0, 0.1) is 0 Å². The Labute approximate surface area is 158 Å². The Morgan fingerprint density at radius 1 is 1.12 bits per heavy atom. The molecule has 26 heavy (non-hydrogen) atoms. The van der Waals surface area contributed by atoms with Gasteiger partial charge in [0.25, 0.3) is 5.91 Å². The maximum Gasteiger partial charge on any atom is 0.326 e. The largest absolute Gasteiger partial charge is 0.349 e. The van der Waals surface area contributed by atoms with E-state index in [1.807, 2.05) is 16.7 Å². The zero-order valence-corrected chi connectivity index (χ0v) is 15.7. The topological polar surface area (TPSA) is 92.9 Å². The highest BCUT2D eigenvalue weighted by molar-refractivity contribution is 5.97. The third-order valence-corrected chi connectivity index (χ3v) is 5.78. The average Bonchev–Trinajstić information content (AvgIpc) is 3.22. The molecule has 1 heterocycles. The fourth-order valence-corrected chi connectivity index (χ4v) is 4.33. The van der Waals surface area contributed by atoms with Gasteiger partial charge in [0.2, 0.25) is 0 Å². The third kappa shape index (κ3) is 3.67. The summed E-state index contributed by atoms with van der Waals surface area (Å²) in [5, 5.41) is 3.10. The van der Waals surface area contributed by atoms with Crippen molar-refractivity contribution in [2.75, 3.05) is 0 Å². The Hall–Kier alpha value is -1.79. The number of benzene rings is 1. The molecule has 0 unspecified atom stereocenters. The predicted octanol–water partition coefficient (Wildman–Crippen LogP) is 2.87. The zero-order valence-electron chi connectivity index (χ0n) is 14.9. The maximum absolute atomic E-state index is 12.5. The van der Waals surface area contributed by atoms with Crippen molar-refractivity contribution in [3.63, 3.8) is 0 Å². The zero-order chi connectivity index (χ0) is 17.4. The number of H-pyrrole nitrogens is 1. The molecular formula is C19H27ClN4O2. The van der Waals surface area contributed by atoms with Gasteiger partial charge in [-0.2, -0.15) is 0 Å². The Morgan fingerprint density at radius 2 is 1.81 bits per heavy atom. The number of halogens is 1. The van der Waals surface area contributed by atoms with E-state index in [2.05, 4.69) is 10.3 Å². The lowest BCUT2D eigenvalue weighted by Crippen LogP contribution is -2.40. The van der Waals surface area contributed by atoms with Crippen molar-refractivity contribution in [1.29, 1.82) is 0 Å². The highest BCUT2D eigenvalue weighted by Gasteiger charge is 2.23. The first-order chi connectivity index (χ1) is 12.1. The second kappa shape index (κ2) is 7.84. The maximum atomic E-state index is 12.5. The summed E-state index contributed by atoms with van der Waals surface area (Å²) in [6.45, 7) is 0. The van der Waals surface area contributed by atoms with E-state index in [4.69, 9.17) is 5.73 Å². The molecule has 4 rings (SSSR count). The van der Waals surface area contributed by atoms with Gasteiger partial charge in [0.05, 0.1) is 11.0 Å². The molecule has 0 atom stereocenters. The number of carbonyl (C=O) groups excluding carboxylic acids is 1. The molecular weight excluding hydrogens is 352 g/mol. The molecule has 1 aromatic carbocycles. The highest BCUT2D eigenvalue weighted by atomic mass is 35.5. The lowest BCUT2D eigenvalue weighted by molar-refractivity contribution is 0.0926. The molecule has 2 saturated carbocycles. The molecule has 2 aliphatic rings. The molecule has 0 saturated heterocycles. The van der Waals surface area contributed by atoms with Gasteiger partial charge in [0.1, 0.15) is 0 Å². The number of nitrogens with zero attached hydrogens (tertiary/aromatic N) is 1. The number of imidazole rings is 1. The summed E-state index contributed by atoms with van der Waals surface area (Å²) in [4.78, 5) is 27.8. The van der Waals surface area contributed by atoms with Gasteiger partial charge in [0, 0.05) is 23.7 Å². The predicted molar refractivity (Wildman–Crippen MR) is 105 cm³/mol. The van der Waals surface area contributed by atoms with Crippen LogP contribution in [0.1, 0.15) is 67.8 Å². The third-order valence-electron chi connectivity index (χ3n) is 5.78. The first kappa shape index (κ1) is 19.0. The van der Waals surface area contributed by atoms with Crippen LogP contribution in [0.5, 0.6) is 0 Å². The van der Waals surface area contributed by atoms with Crippen LogP contribution in [0.4, 0.5) is 0 Å². The number of nitrogens with two attached hydrogens (primary N) is 1. The lowest BCUT2D eigenvalue weighted by Gasteiger charge is -2.26. The first-order valence-electron chi connectivity index (χ1n) is 9.42. The number of hydrogen-bond acceptors (Lipinski definition) is 3. The van der Waals surface area contributed by atoms with Gasteiger partial charge in [-0.1, -0.05) is 12.8 Å². The summed E-state index contributed by atoms with van der Waals surface area (Å²) in [7, 11) is 0. The summed E-state index contributed by atoms with van der Waals surface area (Å²) in [6.07, 6.45) is 8.25. The summed E-state index contributed by atoms with van der Waals surface area (Å²) < 4.78 is 1.87. The van der Waals surface area contributed by atoms with Crippen LogP contribution >= 0.6 is 12.4 Å². The molecule has 7 heteroatoms. The smallest absolute Gasteiger partial charge is 0.326 e. The second-order valence-electron chi connectivity index (χ2n) is 7.56. The van der Waals surface area contributed by atoms with E-state index in [-0.39, 0.29) is 42.1 Å². The molecule has 2 fully saturated rings. The number of amides is 1. The second-order valence-corrected chi connectivity index (χ2v) is 7.56. The van der Waals surface area contributed by atoms with Crippen LogP contribution in [0.3, 0.4) is 0 Å². The fraction of sp³-hybridized carbons (Fsp3) is 0.579. The monoisotopic (exact) mass is 378 g/mol. The number of fused-ring (bicyclic) bond motifs is 1. The molecule has 2 aliphatic carbocycles. The number of aromatic nitrogens is 2. The molecule has 4 N–H and O–H groups in total. The van der Waals surface area contributed by atoms with Crippen molar-refractivity contribution in [3.8, 4) is 0 Å². The number of aromatic amines is 1. The Bertz CT molecular complexity index is 830. The van der Waals surface area contributed by atoms with E-state index in [9.17, 15) is 9.59 Å².